The molecular formula is C16H22N2O2. The van der Waals surface area contributed by atoms with Gasteiger partial charge in [0.1, 0.15) is 5.84 Å². The Kier molecular flexibility index (Phi) is 5.62. The number of hydrogen-bond donors (Lipinski definition) is 1. The topological polar surface area (TPSA) is 61.2 Å². The third-order valence-corrected chi connectivity index (χ3v) is 3.46. The van der Waals surface area contributed by atoms with Crippen LogP contribution < -0.4 is 0 Å². The summed E-state index contributed by atoms with van der Waals surface area (Å²) in [5, 5.41) is 8.06. The maximum atomic E-state index is 12.3. The summed E-state index contributed by atoms with van der Waals surface area (Å²) in [5.74, 6) is -0.143. The standard InChI is InChI=1S/C16H22N2O2/c1-11(2)12(3)10-15(17)18(13(4)19)16(20)14-8-6-5-7-9-14/h5-9,11-12,17H,10H2,1-4H3. The lowest BCUT2D eigenvalue weighted by Crippen LogP contribution is -2.41. The molecule has 0 spiro atoms. The van der Waals surface area contributed by atoms with Gasteiger partial charge in [-0.05, 0) is 24.0 Å². The van der Waals surface area contributed by atoms with Crippen molar-refractivity contribution in [1.82, 2.24) is 4.90 Å². The fourth-order valence-corrected chi connectivity index (χ4v) is 1.80. The Hall–Kier alpha value is -1.97. The van der Waals surface area contributed by atoms with Crippen LogP contribution in [-0.2, 0) is 4.79 Å². The largest absolute Gasteiger partial charge is 0.288 e. The third kappa shape index (κ3) is 4.02. The van der Waals surface area contributed by atoms with Crippen molar-refractivity contribution in [3.8, 4) is 0 Å². The molecule has 20 heavy (non-hydrogen) atoms. The minimum Gasteiger partial charge on any atom is -0.288 e. The summed E-state index contributed by atoms with van der Waals surface area (Å²) in [5.41, 5.74) is 0.421. The molecule has 0 aliphatic carbocycles. The van der Waals surface area contributed by atoms with Gasteiger partial charge in [-0.25, -0.2) is 4.90 Å². The van der Waals surface area contributed by atoms with Crippen molar-refractivity contribution in [3.05, 3.63) is 35.9 Å². The summed E-state index contributed by atoms with van der Waals surface area (Å²) in [6.45, 7) is 7.46. The normalized spacial score (nSPS) is 12.1. The molecule has 1 N–H and O–H groups in total. The van der Waals surface area contributed by atoms with Crippen LogP contribution in [0.15, 0.2) is 30.3 Å². The van der Waals surface area contributed by atoms with Gasteiger partial charge < -0.3 is 0 Å². The molecule has 1 rings (SSSR count). The maximum Gasteiger partial charge on any atom is 0.265 e. The molecule has 0 aliphatic rings. The molecule has 0 fully saturated rings. The van der Waals surface area contributed by atoms with Crippen LogP contribution >= 0.6 is 0 Å². The number of nitrogens with one attached hydrogen (secondary N) is 1. The van der Waals surface area contributed by atoms with Crippen LogP contribution in [0.25, 0.3) is 0 Å². The van der Waals surface area contributed by atoms with Gasteiger partial charge in [-0.3, -0.25) is 15.0 Å². The summed E-state index contributed by atoms with van der Waals surface area (Å²) in [7, 11) is 0. The highest BCUT2D eigenvalue weighted by atomic mass is 16.2. The van der Waals surface area contributed by atoms with E-state index in [9.17, 15) is 9.59 Å². The first-order chi connectivity index (χ1) is 9.34. The highest BCUT2D eigenvalue weighted by Gasteiger charge is 2.25. The Morgan fingerprint density at radius 1 is 1.15 bits per heavy atom. The molecule has 108 valence electrons. The van der Waals surface area contributed by atoms with Crippen LogP contribution in [0.2, 0.25) is 0 Å². The van der Waals surface area contributed by atoms with E-state index in [4.69, 9.17) is 5.41 Å². The minimum absolute atomic E-state index is 0.0625. The quantitative estimate of drug-likeness (QED) is 0.676. The predicted molar refractivity (Wildman–Crippen MR) is 79.6 cm³/mol. The van der Waals surface area contributed by atoms with Crippen LogP contribution in [0.1, 0.15) is 44.5 Å². The zero-order valence-corrected chi connectivity index (χ0v) is 12.5. The molecule has 1 aromatic rings. The number of carbonyl (C=O) groups is 2. The highest BCUT2D eigenvalue weighted by Crippen LogP contribution is 2.17. The fourth-order valence-electron chi connectivity index (χ4n) is 1.80. The van der Waals surface area contributed by atoms with Gasteiger partial charge in [-0.2, -0.15) is 0 Å². The molecular weight excluding hydrogens is 252 g/mol. The first kappa shape index (κ1) is 16.1. The van der Waals surface area contributed by atoms with E-state index < -0.39 is 11.8 Å². The van der Waals surface area contributed by atoms with E-state index in [1.807, 2.05) is 6.92 Å². The predicted octanol–water partition coefficient (Wildman–Crippen LogP) is 3.33. The minimum atomic E-state index is -0.431. The van der Waals surface area contributed by atoms with Crippen molar-refractivity contribution in [2.45, 2.75) is 34.1 Å². The van der Waals surface area contributed by atoms with Gasteiger partial charge in [0.2, 0.25) is 5.91 Å². The molecule has 1 unspecified atom stereocenters. The lowest BCUT2D eigenvalue weighted by atomic mass is 9.94. The lowest BCUT2D eigenvalue weighted by molar-refractivity contribution is -0.123. The summed E-state index contributed by atoms with van der Waals surface area (Å²) < 4.78 is 0. The molecule has 0 saturated carbocycles. The van der Waals surface area contributed by atoms with Gasteiger partial charge in [-0.1, -0.05) is 39.0 Å². The van der Waals surface area contributed by atoms with E-state index >= 15 is 0 Å². The molecule has 0 bridgehead atoms. The van der Waals surface area contributed by atoms with Gasteiger partial charge in [0, 0.05) is 18.9 Å². The summed E-state index contributed by atoms with van der Waals surface area (Å²) in [6, 6.07) is 8.59. The first-order valence-corrected chi connectivity index (χ1v) is 6.82. The second-order valence-electron chi connectivity index (χ2n) is 5.40. The Labute approximate surface area is 120 Å². The van der Waals surface area contributed by atoms with Crippen molar-refractivity contribution < 1.29 is 9.59 Å². The van der Waals surface area contributed by atoms with Gasteiger partial charge in [0.05, 0.1) is 0 Å². The maximum absolute atomic E-state index is 12.3. The van der Waals surface area contributed by atoms with E-state index in [1.54, 1.807) is 30.3 Å². The molecule has 2 amide bonds. The molecule has 0 aromatic heterocycles. The van der Waals surface area contributed by atoms with Crippen LogP contribution in [0.4, 0.5) is 0 Å². The number of imide groups is 1. The summed E-state index contributed by atoms with van der Waals surface area (Å²) in [6.07, 6.45) is 0.413. The Bertz CT molecular complexity index is 494. The molecule has 0 aliphatic heterocycles. The van der Waals surface area contributed by atoms with E-state index in [-0.39, 0.29) is 11.8 Å². The zero-order valence-electron chi connectivity index (χ0n) is 12.5. The highest BCUT2D eigenvalue weighted by molar-refractivity contribution is 6.16. The first-order valence-electron chi connectivity index (χ1n) is 6.82. The molecule has 1 atom stereocenters. The Balaban J connectivity index is 2.92. The fraction of sp³-hybridized carbons (Fsp3) is 0.438. The van der Waals surface area contributed by atoms with E-state index in [0.717, 1.165) is 4.90 Å². The monoisotopic (exact) mass is 274 g/mol. The van der Waals surface area contributed by atoms with Crippen molar-refractivity contribution in [2.75, 3.05) is 0 Å². The average molecular weight is 274 g/mol. The number of carbonyl (C=O) groups excluding carboxylic acids is 2. The van der Waals surface area contributed by atoms with Crippen LogP contribution in [0.5, 0.6) is 0 Å². The average Bonchev–Trinajstić information content (AvgIpc) is 2.39. The second kappa shape index (κ2) is 6.98. The van der Waals surface area contributed by atoms with E-state index in [0.29, 0.717) is 17.9 Å². The molecule has 4 heteroatoms. The molecule has 0 heterocycles. The SMILES string of the molecule is CC(=O)N(C(=N)CC(C)C(C)C)C(=O)c1ccccc1. The third-order valence-electron chi connectivity index (χ3n) is 3.46. The number of rotatable bonds is 4. The molecule has 4 nitrogen and oxygen atoms in total. The number of amides is 2. The molecule has 1 aromatic carbocycles. The van der Waals surface area contributed by atoms with Crippen molar-refractivity contribution >= 4 is 17.6 Å². The molecule has 0 radical (unpaired) electrons. The number of amidine groups is 1. The zero-order chi connectivity index (χ0) is 15.3. The lowest BCUT2D eigenvalue weighted by Gasteiger charge is -2.23. The van der Waals surface area contributed by atoms with Gasteiger partial charge in [0.15, 0.2) is 0 Å². The smallest absolute Gasteiger partial charge is 0.265 e. The summed E-state index contributed by atoms with van der Waals surface area (Å²) in [4.78, 5) is 25.0. The molecule has 0 saturated heterocycles. The van der Waals surface area contributed by atoms with Gasteiger partial charge in [0.25, 0.3) is 5.91 Å². The number of benzene rings is 1. The van der Waals surface area contributed by atoms with Gasteiger partial charge >= 0.3 is 0 Å². The van der Waals surface area contributed by atoms with Gasteiger partial charge in [-0.15, -0.1) is 0 Å². The second-order valence-corrected chi connectivity index (χ2v) is 5.40. The number of hydrogen-bond acceptors (Lipinski definition) is 3. The van der Waals surface area contributed by atoms with Crippen LogP contribution in [0.3, 0.4) is 0 Å². The van der Waals surface area contributed by atoms with E-state index in [2.05, 4.69) is 13.8 Å². The van der Waals surface area contributed by atoms with Crippen molar-refractivity contribution in [3.63, 3.8) is 0 Å². The van der Waals surface area contributed by atoms with Crippen LogP contribution in [-0.4, -0.2) is 22.5 Å². The van der Waals surface area contributed by atoms with Crippen LogP contribution in [0, 0.1) is 17.2 Å². The summed E-state index contributed by atoms with van der Waals surface area (Å²) >= 11 is 0. The Morgan fingerprint density at radius 3 is 2.15 bits per heavy atom. The Morgan fingerprint density at radius 2 is 1.70 bits per heavy atom. The number of nitrogens with zero attached hydrogens (tertiary/aromatic N) is 1. The van der Waals surface area contributed by atoms with E-state index in [1.165, 1.54) is 6.92 Å². The van der Waals surface area contributed by atoms with Crippen molar-refractivity contribution in [2.24, 2.45) is 11.8 Å². The van der Waals surface area contributed by atoms with Crippen molar-refractivity contribution in [1.29, 1.82) is 5.41 Å².